The van der Waals surface area contributed by atoms with Crippen molar-refractivity contribution in [3.8, 4) is 0 Å². The number of piperidine rings is 1. The first-order valence-electron chi connectivity index (χ1n) is 9.47. The van der Waals surface area contributed by atoms with E-state index in [4.69, 9.17) is 0 Å². The van der Waals surface area contributed by atoms with Crippen LogP contribution in [0.2, 0.25) is 0 Å². The molecule has 1 heterocycles. The summed E-state index contributed by atoms with van der Waals surface area (Å²) in [5.74, 6) is 0.466. The van der Waals surface area contributed by atoms with E-state index in [9.17, 15) is 4.79 Å². The number of rotatable bonds is 7. The molecule has 1 atom stereocenters. The Balaban J connectivity index is 0.00000288. The summed E-state index contributed by atoms with van der Waals surface area (Å²) in [4.78, 5) is 13.3. The second-order valence-electron chi connectivity index (χ2n) is 7.36. The van der Waals surface area contributed by atoms with E-state index in [1.54, 1.807) is 0 Å². The zero-order valence-corrected chi connectivity index (χ0v) is 18.9. The summed E-state index contributed by atoms with van der Waals surface area (Å²) in [6.45, 7) is 12.3. The summed E-state index contributed by atoms with van der Waals surface area (Å²) in [5.41, 5.74) is 3.77. The molecule has 24 heavy (non-hydrogen) atoms. The van der Waals surface area contributed by atoms with Crippen molar-refractivity contribution in [3.05, 3.63) is 34.9 Å². The van der Waals surface area contributed by atoms with Gasteiger partial charge in [0.05, 0.1) is 19.6 Å². The molecule has 1 aliphatic heterocycles. The smallest absolute Gasteiger partial charge is 0.194 e. The number of hydrogen-bond donors (Lipinski definition) is 0. The minimum absolute atomic E-state index is 0. The van der Waals surface area contributed by atoms with Gasteiger partial charge in [-0.15, -0.1) is 0 Å². The van der Waals surface area contributed by atoms with Crippen LogP contribution in [0.4, 0.5) is 0 Å². The maximum atomic E-state index is 13.3. The molecule has 3 heteroatoms. The third kappa shape index (κ3) is 4.99. The SMILES string of the molecule is CCC[C@@H](C(=O)Cc1c(C)cccc1C)[N+]1(CC)CCCCC1.[Y]. The summed E-state index contributed by atoms with van der Waals surface area (Å²) in [7, 11) is 0. The van der Waals surface area contributed by atoms with Gasteiger partial charge >= 0.3 is 0 Å². The second-order valence-corrected chi connectivity index (χ2v) is 7.36. The molecule has 1 aromatic rings. The van der Waals surface area contributed by atoms with Crippen molar-refractivity contribution in [2.45, 2.75) is 72.3 Å². The molecule has 2 nitrogen and oxygen atoms in total. The number of nitrogens with zero attached hydrogens (tertiary/aromatic N) is 1. The minimum Gasteiger partial charge on any atom is -0.315 e. The van der Waals surface area contributed by atoms with Gasteiger partial charge in [0.2, 0.25) is 0 Å². The summed E-state index contributed by atoms with van der Waals surface area (Å²) < 4.78 is 1.04. The predicted molar refractivity (Wildman–Crippen MR) is 97.7 cm³/mol. The number of carbonyl (C=O) groups excluding carboxylic acids is 1. The van der Waals surface area contributed by atoms with Crippen molar-refractivity contribution in [2.24, 2.45) is 0 Å². The Morgan fingerprint density at radius 1 is 1.08 bits per heavy atom. The molecule has 0 aliphatic carbocycles. The quantitative estimate of drug-likeness (QED) is 0.606. The van der Waals surface area contributed by atoms with Crippen molar-refractivity contribution in [1.82, 2.24) is 0 Å². The first kappa shape index (κ1) is 22.0. The molecule has 1 fully saturated rings. The van der Waals surface area contributed by atoms with Crippen LogP contribution in [0, 0.1) is 13.8 Å². The molecule has 1 saturated heterocycles. The Morgan fingerprint density at radius 2 is 1.67 bits per heavy atom. The maximum Gasteiger partial charge on any atom is 0.194 e. The van der Waals surface area contributed by atoms with Crippen LogP contribution >= 0.6 is 0 Å². The van der Waals surface area contributed by atoms with Gasteiger partial charge in [-0.25, -0.2) is 0 Å². The van der Waals surface area contributed by atoms with Crippen molar-refractivity contribution < 1.29 is 42.0 Å². The van der Waals surface area contributed by atoms with Gasteiger partial charge < -0.3 is 4.48 Å². The van der Waals surface area contributed by atoms with Gasteiger partial charge in [-0.05, 0) is 56.7 Å². The largest absolute Gasteiger partial charge is 0.315 e. The first-order valence-corrected chi connectivity index (χ1v) is 9.47. The van der Waals surface area contributed by atoms with Gasteiger partial charge in [0, 0.05) is 45.6 Å². The second kappa shape index (κ2) is 10.2. The maximum absolute atomic E-state index is 13.3. The number of carbonyl (C=O) groups is 1. The number of likely N-dealkylation sites (tertiary alicyclic amines) is 1. The zero-order valence-electron chi connectivity index (χ0n) is 16.1. The normalized spacial score (nSPS) is 17.8. The average molecular weight is 405 g/mol. The average Bonchev–Trinajstić information content (AvgIpc) is 2.56. The molecule has 0 amide bonds. The van der Waals surface area contributed by atoms with Gasteiger partial charge in [-0.1, -0.05) is 31.5 Å². The van der Waals surface area contributed by atoms with E-state index >= 15 is 0 Å². The fourth-order valence-corrected chi connectivity index (χ4v) is 4.42. The monoisotopic (exact) mass is 405 g/mol. The number of hydrogen-bond acceptors (Lipinski definition) is 1. The fraction of sp³-hybridized carbons (Fsp3) is 0.667. The topological polar surface area (TPSA) is 17.1 Å². The van der Waals surface area contributed by atoms with E-state index in [2.05, 4.69) is 45.9 Å². The summed E-state index contributed by atoms with van der Waals surface area (Å²) >= 11 is 0. The van der Waals surface area contributed by atoms with Crippen LogP contribution in [-0.4, -0.2) is 35.9 Å². The van der Waals surface area contributed by atoms with Crippen molar-refractivity contribution in [3.63, 3.8) is 0 Å². The molecule has 0 spiro atoms. The number of ketones is 1. The van der Waals surface area contributed by atoms with E-state index in [-0.39, 0.29) is 38.8 Å². The van der Waals surface area contributed by atoms with Crippen LogP contribution in [0.25, 0.3) is 0 Å². The van der Waals surface area contributed by atoms with Gasteiger partial charge in [0.25, 0.3) is 0 Å². The zero-order chi connectivity index (χ0) is 16.9. The Bertz CT molecular complexity index is 514. The van der Waals surface area contributed by atoms with E-state index in [1.807, 2.05) is 0 Å². The molecule has 0 unspecified atom stereocenters. The van der Waals surface area contributed by atoms with Crippen molar-refractivity contribution >= 4 is 5.78 Å². The van der Waals surface area contributed by atoms with Crippen LogP contribution in [0.3, 0.4) is 0 Å². The predicted octanol–water partition coefficient (Wildman–Crippen LogP) is 4.60. The Kier molecular flexibility index (Phi) is 9.34. The molecule has 0 N–H and O–H groups in total. The van der Waals surface area contributed by atoms with Gasteiger partial charge in [-0.2, -0.15) is 0 Å². The van der Waals surface area contributed by atoms with Crippen LogP contribution in [0.5, 0.6) is 0 Å². The van der Waals surface area contributed by atoms with E-state index in [0.29, 0.717) is 12.2 Å². The van der Waals surface area contributed by atoms with E-state index in [0.717, 1.165) is 23.9 Å². The minimum atomic E-state index is 0. The van der Waals surface area contributed by atoms with Crippen LogP contribution < -0.4 is 0 Å². The molecule has 1 aliphatic rings. The summed E-state index contributed by atoms with van der Waals surface area (Å²) in [6.07, 6.45) is 6.66. The molecule has 2 rings (SSSR count). The summed E-state index contributed by atoms with van der Waals surface area (Å²) in [6, 6.07) is 6.56. The number of benzene rings is 1. The molecule has 1 aromatic carbocycles. The van der Waals surface area contributed by atoms with Crippen molar-refractivity contribution in [2.75, 3.05) is 19.6 Å². The Labute approximate surface area is 173 Å². The third-order valence-corrected chi connectivity index (χ3v) is 5.93. The Hall–Kier alpha value is -0.0461. The van der Waals surface area contributed by atoms with Gasteiger partial charge in [0.15, 0.2) is 5.78 Å². The molecule has 0 saturated carbocycles. The number of Topliss-reactive ketones (excluding diaryl/α,β-unsaturated/α-hetero) is 1. The third-order valence-electron chi connectivity index (χ3n) is 5.93. The van der Waals surface area contributed by atoms with Crippen molar-refractivity contribution in [1.29, 1.82) is 0 Å². The van der Waals surface area contributed by atoms with Gasteiger partial charge in [-0.3, -0.25) is 4.79 Å². The van der Waals surface area contributed by atoms with Gasteiger partial charge in [0.1, 0.15) is 6.04 Å². The molecular weight excluding hydrogens is 371 g/mol. The van der Waals surface area contributed by atoms with E-state index in [1.165, 1.54) is 49.0 Å². The molecule has 0 bridgehead atoms. The molecule has 0 aromatic heterocycles. The first-order chi connectivity index (χ1) is 11.0. The number of quaternary nitrogens is 1. The molecular formula is C21H34NOY+. The van der Waals surface area contributed by atoms with Crippen LogP contribution in [0.1, 0.15) is 62.6 Å². The summed E-state index contributed by atoms with van der Waals surface area (Å²) in [5, 5.41) is 0. The van der Waals surface area contributed by atoms with Crippen LogP contribution in [-0.2, 0) is 43.9 Å². The Morgan fingerprint density at radius 3 is 2.17 bits per heavy atom. The fourth-order valence-electron chi connectivity index (χ4n) is 4.42. The van der Waals surface area contributed by atoms with Crippen LogP contribution in [0.15, 0.2) is 18.2 Å². The van der Waals surface area contributed by atoms with E-state index < -0.39 is 0 Å². The standard InChI is InChI=1S/C21H34NO.Y/c1-5-11-20(22(6-2)14-8-7-9-15-22)21(23)16-19-17(3)12-10-13-18(19)4;/h10,12-13,20H,5-9,11,14-16H2,1-4H3;/q+1;/t20-;/m0./s1. The molecule has 131 valence electrons. The number of aryl methyl sites for hydroxylation is 2. The molecule has 1 radical (unpaired) electrons. The number of likely N-dealkylation sites (N-methyl/N-ethyl adjacent to an activating group) is 1.